The molecule has 0 aliphatic carbocycles. The summed E-state index contributed by atoms with van der Waals surface area (Å²) in [7, 11) is 0. The molecule has 0 radical (unpaired) electrons. The van der Waals surface area contributed by atoms with Crippen LogP contribution in [0.5, 0.6) is 11.5 Å². The Morgan fingerprint density at radius 2 is 1.78 bits per heavy atom. The minimum Gasteiger partial charge on any atom is -0.454 e. The number of para-hydroxylation sites is 1. The molecule has 0 saturated carbocycles. The summed E-state index contributed by atoms with van der Waals surface area (Å²) < 4.78 is 10.7. The van der Waals surface area contributed by atoms with Crippen LogP contribution >= 0.6 is 11.3 Å². The van der Waals surface area contributed by atoms with Gasteiger partial charge < -0.3 is 14.8 Å². The van der Waals surface area contributed by atoms with Crippen molar-refractivity contribution in [2.24, 2.45) is 0 Å². The fourth-order valence-electron chi connectivity index (χ4n) is 2.38. The lowest BCUT2D eigenvalue weighted by atomic mass is 10.1. The van der Waals surface area contributed by atoms with Gasteiger partial charge in [0.1, 0.15) is 0 Å². The summed E-state index contributed by atoms with van der Waals surface area (Å²) in [6.45, 7) is 0.258. The molecule has 0 spiro atoms. The van der Waals surface area contributed by atoms with Crippen molar-refractivity contribution < 1.29 is 14.3 Å². The SMILES string of the molecule is O=C(Nc1ccccc1)c1ccc(-c2ccc3c(c2)OCO3)s1. The summed E-state index contributed by atoms with van der Waals surface area (Å²) in [5.41, 5.74) is 1.80. The first-order chi connectivity index (χ1) is 11.3. The lowest BCUT2D eigenvalue weighted by Crippen LogP contribution is -2.09. The van der Waals surface area contributed by atoms with E-state index in [0.717, 1.165) is 27.6 Å². The van der Waals surface area contributed by atoms with Gasteiger partial charge in [-0.2, -0.15) is 0 Å². The average molecular weight is 323 g/mol. The van der Waals surface area contributed by atoms with Crippen LogP contribution in [-0.2, 0) is 0 Å². The molecule has 0 unspecified atom stereocenters. The third kappa shape index (κ3) is 2.78. The van der Waals surface area contributed by atoms with Gasteiger partial charge in [-0.15, -0.1) is 11.3 Å². The summed E-state index contributed by atoms with van der Waals surface area (Å²) in [4.78, 5) is 14.0. The van der Waals surface area contributed by atoms with Gasteiger partial charge in [-0.05, 0) is 48.0 Å². The zero-order chi connectivity index (χ0) is 15.6. The van der Waals surface area contributed by atoms with Crippen LogP contribution in [0.15, 0.2) is 60.7 Å². The summed E-state index contributed by atoms with van der Waals surface area (Å²) in [5, 5.41) is 2.89. The molecule has 0 saturated heterocycles. The van der Waals surface area contributed by atoms with Gasteiger partial charge in [0, 0.05) is 10.6 Å². The van der Waals surface area contributed by atoms with E-state index in [1.165, 1.54) is 11.3 Å². The van der Waals surface area contributed by atoms with Crippen molar-refractivity contribution in [3.63, 3.8) is 0 Å². The highest BCUT2D eigenvalue weighted by molar-refractivity contribution is 7.17. The van der Waals surface area contributed by atoms with E-state index in [1.54, 1.807) is 0 Å². The second-order valence-corrected chi connectivity index (χ2v) is 6.14. The maximum absolute atomic E-state index is 12.3. The number of hydrogen-bond acceptors (Lipinski definition) is 4. The van der Waals surface area contributed by atoms with Crippen molar-refractivity contribution in [1.29, 1.82) is 0 Å². The summed E-state index contributed by atoms with van der Waals surface area (Å²) in [6, 6.07) is 19.0. The Morgan fingerprint density at radius 1 is 0.957 bits per heavy atom. The molecule has 2 heterocycles. The first-order valence-corrected chi connectivity index (χ1v) is 7.97. The summed E-state index contributed by atoms with van der Waals surface area (Å²) in [5.74, 6) is 1.40. The van der Waals surface area contributed by atoms with Gasteiger partial charge in [0.25, 0.3) is 5.91 Å². The summed E-state index contributed by atoms with van der Waals surface area (Å²) >= 11 is 1.45. The second kappa shape index (κ2) is 5.78. The van der Waals surface area contributed by atoms with E-state index in [4.69, 9.17) is 9.47 Å². The van der Waals surface area contributed by atoms with E-state index >= 15 is 0 Å². The van der Waals surface area contributed by atoms with Crippen molar-refractivity contribution in [2.75, 3.05) is 12.1 Å². The third-order valence-corrected chi connectivity index (χ3v) is 4.65. The maximum Gasteiger partial charge on any atom is 0.265 e. The number of hydrogen-bond donors (Lipinski definition) is 1. The van der Waals surface area contributed by atoms with E-state index in [0.29, 0.717) is 4.88 Å². The largest absolute Gasteiger partial charge is 0.454 e. The Morgan fingerprint density at radius 3 is 2.65 bits per heavy atom. The zero-order valence-electron chi connectivity index (χ0n) is 12.1. The van der Waals surface area contributed by atoms with Crippen molar-refractivity contribution in [1.82, 2.24) is 0 Å². The number of nitrogens with one attached hydrogen (secondary N) is 1. The van der Waals surface area contributed by atoms with Crippen molar-refractivity contribution in [2.45, 2.75) is 0 Å². The number of anilines is 1. The molecule has 0 fully saturated rings. The lowest BCUT2D eigenvalue weighted by molar-refractivity contribution is 0.103. The van der Waals surface area contributed by atoms with Gasteiger partial charge in [0.2, 0.25) is 6.79 Å². The monoisotopic (exact) mass is 323 g/mol. The molecule has 23 heavy (non-hydrogen) atoms. The molecule has 0 bridgehead atoms. The van der Waals surface area contributed by atoms with Crippen LogP contribution in [0.4, 0.5) is 5.69 Å². The molecule has 0 atom stereocenters. The first-order valence-electron chi connectivity index (χ1n) is 7.16. The van der Waals surface area contributed by atoms with Crippen LogP contribution in [0.25, 0.3) is 10.4 Å². The molecule has 4 rings (SSSR count). The van der Waals surface area contributed by atoms with Gasteiger partial charge >= 0.3 is 0 Å². The van der Waals surface area contributed by atoms with Crippen molar-refractivity contribution >= 4 is 22.9 Å². The Bertz CT molecular complexity index is 858. The number of amides is 1. The second-order valence-electron chi connectivity index (χ2n) is 5.05. The quantitative estimate of drug-likeness (QED) is 0.777. The zero-order valence-corrected chi connectivity index (χ0v) is 12.9. The maximum atomic E-state index is 12.3. The van der Waals surface area contributed by atoms with Crippen LogP contribution < -0.4 is 14.8 Å². The van der Waals surface area contributed by atoms with Crippen molar-refractivity contribution in [3.8, 4) is 21.9 Å². The Hall–Kier alpha value is -2.79. The highest BCUT2D eigenvalue weighted by Gasteiger charge is 2.16. The van der Waals surface area contributed by atoms with E-state index < -0.39 is 0 Å². The van der Waals surface area contributed by atoms with Crippen LogP contribution in [0.2, 0.25) is 0 Å². The van der Waals surface area contributed by atoms with Crippen LogP contribution in [0.3, 0.4) is 0 Å². The molecule has 2 aromatic carbocycles. The van der Waals surface area contributed by atoms with E-state index in [1.807, 2.05) is 60.7 Å². The number of fused-ring (bicyclic) bond motifs is 1. The number of benzene rings is 2. The smallest absolute Gasteiger partial charge is 0.265 e. The standard InChI is InChI=1S/C18H13NO3S/c20-18(19-13-4-2-1-3-5-13)17-9-8-16(23-17)12-6-7-14-15(10-12)22-11-21-14/h1-10H,11H2,(H,19,20). The number of ether oxygens (including phenoxy) is 2. The highest BCUT2D eigenvalue weighted by atomic mass is 32.1. The first kappa shape index (κ1) is 13.8. The van der Waals surface area contributed by atoms with Crippen LogP contribution in [0, 0.1) is 0 Å². The molecule has 1 aromatic heterocycles. The normalized spacial score (nSPS) is 12.2. The molecular formula is C18H13NO3S. The molecule has 4 nitrogen and oxygen atoms in total. The Labute approximate surface area is 137 Å². The number of thiophene rings is 1. The molecule has 1 aliphatic rings. The Kier molecular flexibility index (Phi) is 3.48. The molecule has 1 N–H and O–H groups in total. The predicted molar refractivity (Wildman–Crippen MR) is 90.3 cm³/mol. The molecule has 3 aromatic rings. The minimum absolute atomic E-state index is 0.104. The van der Waals surface area contributed by atoms with Gasteiger partial charge in [-0.1, -0.05) is 18.2 Å². The number of rotatable bonds is 3. The van der Waals surface area contributed by atoms with Gasteiger partial charge in [-0.3, -0.25) is 4.79 Å². The van der Waals surface area contributed by atoms with Gasteiger partial charge in [0.15, 0.2) is 11.5 Å². The fraction of sp³-hybridized carbons (Fsp3) is 0.0556. The molecule has 1 amide bonds. The summed E-state index contributed by atoms with van der Waals surface area (Å²) in [6.07, 6.45) is 0. The van der Waals surface area contributed by atoms with E-state index in [2.05, 4.69) is 5.32 Å². The molecule has 5 heteroatoms. The molecule has 114 valence electrons. The van der Waals surface area contributed by atoms with Gasteiger partial charge in [-0.25, -0.2) is 0 Å². The Balaban J connectivity index is 1.56. The molecule has 1 aliphatic heterocycles. The average Bonchev–Trinajstić information content (AvgIpc) is 3.24. The fourth-order valence-corrected chi connectivity index (χ4v) is 3.28. The number of carbonyl (C=O) groups excluding carboxylic acids is 1. The highest BCUT2D eigenvalue weighted by Crippen LogP contribution is 2.38. The third-order valence-electron chi connectivity index (χ3n) is 3.52. The predicted octanol–water partition coefficient (Wildman–Crippen LogP) is 4.40. The van der Waals surface area contributed by atoms with E-state index in [-0.39, 0.29) is 12.7 Å². The van der Waals surface area contributed by atoms with Crippen LogP contribution in [0.1, 0.15) is 9.67 Å². The number of carbonyl (C=O) groups is 1. The molecular weight excluding hydrogens is 310 g/mol. The van der Waals surface area contributed by atoms with Crippen molar-refractivity contribution in [3.05, 3.63) is 65.5 Å². The lowest BCUT2D eigenvalue weighted by Gasteiger charge is -2.02. The topological polar surface area (TPSA) is 47.6 Å². The van der Waals surface area contributed by atoms with Gasteiger partial charge in [0.05, 0.1) is 4.88 Å². The minimum atomic E-state index is -0.104. The van der Waals surface area contributed by atoms with E-state index in [9.17, 15) is 4.79 Å². The van der Waals surface area contributed by atoms with Crippen LogP contribution in [-0.4, -0.2) is 12.7 Å².